The molecule has 1 aromatic rings. The first-order valence-corrected chi connectivity index (χ1v) is 8.60. The molecular weight excluding hydrogens is 292 g/mol. The Labute approximate surface area is 138 Å². The largest absolute Gasteiger partial charge is 0.378 e. The summed E-state index contributed by atoms with van der Waals surface area (Å²) >= 11 is 0. The number of hydrogen-bond acceptors (Lipinski definition) is 4. The zero-order valence-corrected chi connectivity index (χ0v) is 14.1. The van der Waals surface area contributed by atoms with Crippen LogP contribution < -0.4 is 0 Å². The lowest BCUT2D eigenvalue weighted by molar-refractivity contribution is -0.151. The summed E-state index contributed by atoms with van der Waals surface area (Å²) in [7, 11) is 0. The Kier molecular flexibility index (Phi) is 4.97. The molecule has 1 amide bonds. The van der Waals surface area contributed by atoms with Crippen LogP contribution in [-0.2, 0) is 9.47 Å². The van der Waals surface area contributed by atoms with Crippen molar-refractivity contribution in [1.29, 1.82) is 0 Å². The molecule has 1 unspecified atom stereocenters. The molecule has 2 saturated heterocycles. The van der Waals surface area contributed by atoms with E-state index in [0.717, 1.165) is 57.7 Å². The fourth-order valence-corrected chi connectivity index (χ4v) is 3.71. The van der Waals surface area contributed by atoms with Gasteiger partial charge < -0.3 is 14.4 Å². The summed E-state index contributed by atoms with van der Waals surface area (Å²) in [5.41, 5.74) is 1.40. The molecule has 0 saturated carbocycles. The van der Waals surface area contributed by atoms with Crippen molar-refractivity contribution >= 4 is 5.91 Å². The molecule has 0 aromatic carbocycles. The first kappa shape index (κ1) is 16.4. The highest BCUT2D eigenvalue weighted by Gasteiger charge is 2.41. The van der Waals surface area contributed by atoms with Gasteiger partial charge in [0.25, 0.3) is 5.91 Å². The number of carbonyl (C=O) groups is 1. The first-order valence-electron chi connectivity index (χ1n) is 8.60. The molecule has 0 bridgehead atoms. The van der Waals surface area contributed by atoms with E-state index < -0.39 is 0 Å². The van der Waals surface area contributed by atoms with Gasteiger partial charge in [-0.3, -0.25) is 9.78 Å². The van der Waals surface area contributed by atoms with Crippen molar-refractivity contribution in [1.82, 2.24) is 9.88 Å². The molecule has 0 N–H and O–H groups in total. The standard InChI is InChI=1S/C18H26N2O3/c1-3-22-15-6-12-23-18(13-15)7-10-20(11-8-18)17(21)16-5-4-9-19-14(16)2/h4-5,9,15H,3,6-8,10-13H2,1-2H3. The monoisotopic (exact) mass is 318 g/mol. The summed E-state index contributed by atoms with van der Waals surface area (Å²) in [6.45, 7) is 6.93. The topological polar surface area (TPSA) is 51.7 Å². The van der Waals surface area contributed by atoms with Crippen molar-refractivity contribution in [2.45, 2.75) is 51.2 Å². The Hall–Kier alpha value is -1.46. The zero-order chi connectivity index (χ0) is 16.3. The lowest BCUT2D eigenvalue weighted by atomic mass is 9.83. The van der Waals surface area contributed by atoms with E-state index in [0.29, 0.717) is 11.7 Å². The van der Waals surface area contributed by atoms with Crippen molar-refractivity contribution in [3.63, 3.8) is 0 Å². The van der Waals surface area contributed by atoms with Crippen LogP contribution in [0.3, 0.4) is 0 Å². The highest BCUT2D eigenvalue weighted by Crippen LogP contribution is 2.36. The molecule has 5 nitrogen and oxygen atoms in total. The molecule has 2 aliphatic heterocycles. The number of pyridine rings is 1. The van der Waals surface area contributed by atoms with E-state index in [1.54, 1.807) is 6.20 Å². The molecule has 0 radical (unpaired) electrons. The van der Waals surface area contributed by atoms with Crippen LogP contribution in [0.4, 0.5) is 0 Å². The molecule has 23 heavy (non-hydrogen) atoms. The predicted octanol–water partition coefficient (Wildman–Crippen LogP) is 2.58. The Morgan fingerprint density at radius 2 is 2.26 bits per heavy atom. The van der Waals surface area contributed by atoms with Gasteiger partial charge in [-0.2, -0.15) is 0 Å². The average molecular weight is 318 g/mol. The second-order valence-electron chi connectivity index (χ2n) is 6.53. The van der Waals surface area contributed by atoms with Crippen molar-refractivity contribution in [3.05, 3.63) is 29.6 Å². The van der Waals surface area contributed by atoms with E-state index in [1.165, 1.54) is 0 Å². The van der Waals surface area contributed by atoms with Crippen molar-refractivity contribution in [2.75, 3.05) is 26.3 Å². The summed E-state index contributed by atoms with van der Waals surface area (Å²) < 4.78 is 11.9. The van der Waals surface area contributed by atoms with Crippen LogP contribution in [0.5, 0.6) is 0 Å². The first-order chi connectivity index (χ1) is 11.1. The Balaban J connectivity index is 1.62. The number of carbonyl (C=O) groups excluding carboxylic acids is 1. The normalized spacial score (nSPS) is 23.9. The summed E-state index contributed by atoms with van der Waals surface area (Å²) in [5, 5.41) is 0. The van der Waals surface area contributed by atoms with Crippen LogP contribution >= 0.6 is 0 Å². The number of likely N-dealkylation sites (tertiary alicyclic amines) is 1. The van der Waals surface area contributed by atoms with Crippen LogP contribution in [-0.4, -0.2) is 53.8 Å². The van der Waals surface area contributed by atoms with Crippen molar-refractivity contribution < 1.29 is 14.3 Å². The summed E-state index contributed by atoms with van der Waals surface area (Å²) in [4.78, 5) is 18.8. The Bertz CT molecular complexity index is 551. The van der Waals surface area contributed by atoms with Gasteiger partial charge >= 0.3 is 0 Å². The van der Waals surface area contributed by atoms with Crippen molar-refractivity contribution in [3.8, 4) is 0 Å². The predicted molar refractivity (Wildman–Crippen MR) is 87.4 cm³/mol. The van der Waals surface area contributed by atoms with Gasteiger partial charge in [-0.05, 0) is 45.2 Å². The van der Waals surface area contributed by atoms with Gasteiger partial charge in [-0.15, -0.1) is 0 Å². The van der Waals surface area contributed by atoms with Crippen molar-refractivity contribution in [2.24, 2.45) is 0 Å². The van der Waals surface area contributed by atoms with Crippen LogP contribution in [0.2, 0.25) is 0 Å². The summed E-state index contributed by atoms with van der Waals surface area (Å²) in [6.07, 6.45) is 5.74. The highest BCUT2D eigenvalue weighted by atomic mass is 16.5. The van der Waals surface area contributed by atoms with Gasteiger partial charge in [0.15, 0.2) is 0 Å². The maximum absolute atomic E-state index is 12.7. The number of aryl methyl sites for hydroxylation is 1. The lowest BCUT2D eigenvalue weighted by Gasteiger charge is -2.46. The molecule has 1 spiro atoms. The number of rotatable bonds is 3. The number of piperidine rings is 1. The second kappa shape index (κ2) is 6.97. The number of ether oxygens (including phenoxy) is 2. The molecule has 3 rings (SSSR count). The third-order valence-corrected chi connectivity index (χ3v) is 5.05. The highest BCUT2D eigenvalue weighted by molar-refractivity contribution is 5.95. The molecule has 3 heterocycles. The van der Waals surface area contributed by atoms with Gasteiger partial charge in [-0.25, -0.2) is 0 Å². The van der Waals surface area contributed by atoms with Gasteiger partial charge in [0, 0.05) is 44.6 Å². The summed E-state index contributed by atoms with van der Waals surface area (Å²) in [6, 6.07) is 3.68. The van der Waals surface area contributed by atoms with Crippen LogP contribution in [0.1, 0.15) is 48.7 Å². The molecule has 2 fully saturated rings. The van der Waals surface area contributed by atoms with Gasteiger partial charge in [0.05, 0.1) is 17.3 Å². The third kappa shape index (κ3) is 3.56. The third-order valence-electron chi connectivity index (χ3n) is 5.05. The van der Waals surface area contributed by atoms with Gasteiger partial charge in [-0.1, -0.05) is 0 Å². The van der Waals surface area contributed by atoms with Crippen LogP contribution in [0.25, 0.3) is 0 Å². The van der Waals surface area contributed by atoms with Gasteiger partial charge in [0.2, 0.25) is 0 Å². The SMILES string of the molecule is CCOC1CCOC2(CCN(C(=O)c3cccnc3C)CC2)C1. The second-order valence-corrected chi connectivity index (χ2v) is 6.53. The van der Waals surface area contributed by atoms with Crippen LogP contribution in [0.15, 0.2) is 18.3 Å². The minimum absolute atomic E-state index is 0.0858. The maximum atomic E-state index is 12.7. The molecular formula is C18H26N2O3. The van der Waals surface area contributed by atoms with E-state index in [2.05, 4.69) is 4.98 Å². The molecule has 5 heteroatoms. The lowest BCUT2D eigenvalue weighted by Crippen LogP contribution is -2.52. The van der Waals surface area contributed by atoms with E-state index >= 15 is 0 Å². The summed E-state index contributed by atoms with van der Waals surface area (Å²) in [5.74, 6) is 0.0858. The Morgan fingerprint density at radius 1 is 1.48 bits per heavy atom. The van der Waals surface area contributed by atoms with E-state index in [9.17, 15) is 4.79 Å². The molecule has 1 aromatic heterocycles. The van der Waals surface area contributed by atoms with Gasteiger partial charge in [0.1, 0.15) is 0 Å². The zero-order valence-electron chi connectivity index (χ0n) is 14.1. The minimum atomic E-state index is -0.0984. The van der Waals surface area contributed by atoms with Crippen LogP contribution in [0, 0.1) is 6.92 Å². The number of hydrogen-bond donors (Lipinski definition) is 0. The number of amides is 1. The smallest absolute Gasteiger partial charge is 0.255 e. The van der Waals surface area contributed by atoms with E-state index in [1.807, 2.05) is 30.9 Å². The maximum Gasteiger partial charge on any atom is 0.255 e. The minimum Gasteiger partial charge on any atom is -0.378 e. The average Bonchev–Trinajstić information content (AvgIpc) is 2.56. The molecule has 126 valence electrons. The number of aromatic nitrogens is 1. The molecule has 1 atom stereocenters. The molecule has 2 aliphatic rings. The molecule has 0 aliphatic carbocycles. The Morgan fingerprint density at radius 3 is 2.96 bits per heavy atom. The number of nitrogens with zero attached hydrogens (tertiary/aromatic N) is 2. The fourth-order valence-electron chi connectivity index (χ4n) is 3.71. The van der Waals surface area contributed by atoms with E-state index in [4.69, 9.17) is 9.47 Å². The quantitative estimate of drug-likeness (QED) is 0.859. The fraction of sp³-hybridized carbons (Fsp3) is 0.667. The van der Waals surface area contributed by atoms with E-state index in [-0.39, 0.29) is 11.5 Å².